The summed E-state index contributed by atoms with van der Waals surface area (Å²) in [7, 11) is 0. The van der Waals surface area contributed by atoms with Crippen molar-refractivity contribution in [2.45, 2.75) is 123 Å². The molecule has 1 aliphatic heterocycles. The van der Waals surface area contributed by atoms with E-state index < -0.39 is 0 Å². The fraction of sp³-hybridized carbons (Fsp3) is 0.950. The maximum absolute atomic E-state index is 3.99. The number of hydrazine groups is 2. The van der Waals surface area contributed by atoms with E-state index in [4.69, 9.17) is 0 Å². The summed E-state index contributed by atoms with van der Waals surface area (Å²) in [5.41, 5.74) is 5.85. The van der Waals surface area contributed by atoms with Gasteiger partial charge in [-0.15, -0.1) is 5.53 Å². The number of hydrogen-bond donors (Lipinski definition) is 2. The van der Waals surface area contributed by atoms with Gasteiger partial charge in [0.05, 0.1) is 0 Å². The second-order valence-corrected chi connectivity index (χ2v) is 7.32. The van der Waals surface area contributed by atoms with Gasteiger partial charge >= 0.3 is 0 Å². The molecule has 0 saturated heterocycles. The Morgan fingerprint density at radius 3 is 1.67 bits per heavy atom. The van der Waals surface area contributed by atoms with Crippen LogP contribution in [-0.2, 0) is 0 Å². The zero-order valence-corrected chi connectivity index (χ0v) is 16.4. The molecule has 0 saturated carbocycles. The van der Waals surface area contributed by atoms with Crippen LogP contribution < -0.4 is 11.1 Å². The SMILES string of the molecule is CCCCCCCCCCCCCCCCC(CC)N1C=NNN1. The van der Waals surface area contributed by atoms with Crippen LogP contribution in [0.5, 0.6) is 0 Å². The van der Waals surface area contributed by atoms with Crippen LogP contribution in [0.25, 0.3) is 0 Å². The minimum absolute atomic E-state index is 0.570. The number of unbranched alkanes of at least 4 members (excludes halogenated alkanes) is 13. The fourth-order valence-corrected chi connectivity index (χ4v) is 3.51. The molecule has 0 aromatic rings. The van der Waals surface area contributed by atoms with Gasteiger partial charge in [0.1, 0.15) is 6.34 Å². The highest BCUT2D eigenvalue weighted by Crippen LogP contribution is 2.15. The monoisotopic (exact) mass is 338 g/mol. The minimum Gasteiger partial charge on any atom is -0.275 e. The van der Waals surface area contributed by atoms with Gasteiger partial charge in [-0.1, -0.05) is 104 Å². The highest BCUT2D eigenvalue weighted by molar-refractivity contribution is 5.55. The smallest absolute Gasteiger partial charge is 0.128 e. The molecule has 142 valence electrons. The fourth-order valence-electron chi connectivity index (χ4n) is 3.51. The highest BCUT2D eigenvalue weighted by atomic mass is 15.8. The van der Waals surface area contributed by atoms with Gasteiger partial charge in [0.25, 0.3) is 0 Å². The summed E-state index contributed by atoms with van der Waals surface area (Å²) in [6, 6.07) is 0.570. The Morgan fingerprint density at radius 1 is 0.750 bits per heavy atom. The third-order valence-electron chi connectivity index (χ3n) is 5.18. The van der Waals surface area contributed by atoms with Crippen LogP contribution in [0.4, 0.5) is 0 Å². The van der Waals surface area contributed by atoms with E-state index >= 15 is 0 Å². The van der Waals surface area contributed by atoms with E-state index in [0.29, 0.717) is 6.04 Å². The third kappa shape index (κ3) is 10.9. The van der Waals surface area contributed by atoms with Crippen molar-refractivity contribution in [3.05, 3.63) is 0 Å². The molecule has 4 nitrogen and oxygen atoms in total. The van der Waals surface area contributed by atoms with Gasteiger partial charge < -0.3 is 0 Å². The molecule has 1 heterocycles. The highest BCUT2D eigenvalue weighted by Gasteiger charge is 2.15. The van der Waals surface area contributed by atoms with Gasteiger partial charge in [-0.05, 0) is 12.8 Å². The van der Waals surface area contributed by atoms with Crippen LogP contribution >= 0.6 is 0 Å². The standard InChI is InChI=1S/C20H42N4/c1-3-5-6-7-8-9-10-11-12-13-14-15-16-17-18-20(4-2)24-19-21-22-23-24/h19-20,22-23H,3-18H2,1-2H3. The van der Waals surface area contributed by atoms with Crippen LogP contribution in [-0.4, -0.2) is 17.4 Å². The molecule has 4 heteroatoms. The summed E-state index contributed by atoms with van der Waals surface area (Å²) in [6.07, 6.45) is 24.3. The summed E-state index contributed by atoms with van der Waals surface area (Å²) < 4.78 is 0. The first-order chi connectivity index (χ1) is 11.9. The zero-order chi connectivity index (χ0) is 17.3. The molecule has 0 bridgehead atoms. The van der Waals surface area contributed by atoms with Crippen LogP contribution in [0.1, 0.15) is 117 Å². The van der Waals surface area contributed by atoms with Gasteiger partial charge in [0.15, 0.2) is 0 Å². The summed E-state index contributed by atoms with van der Waals surface area (Å²) in [4.78, 5) is 0. The molecule has 1 aliphatic rings. The number of nitrogens with one attached hydrogen (secondary N) is 2. The molecule has 1 unspecified atom stereocenters. The largest absolute Gasteiger partial charge is 0.275 e. The Labute approximate surface area is 150 Å². The van der Waals surface area contributed by atoms with Gasteiger partial charge in [-0.2, -0.15) is 5.10 Å². The number of rotatable bonds is 17. The molecule has 0 spiro atoms. The molecular weight excluding hydrogens is 296 g/mol. The van der Waals surface area contributed by atoms with Crippen molar-refractivity contribution < 1.29 is 0 Å². The lowest BCUT2D eigenvalue weighted by Crippen LogP contribution is -2.44. The Hall–Kier alpha value is -0.770. The van der Waals surface area contributed by atoms with Crippen molar-refractivity contribution in [3.8, 4) is 0 Å². The quantitative estimate of drug-likeness (QED) is 0.324. The molecular formula is C20H42N4. The first-order valence-corrected chi connectivity index (χ1v) is 10.7. The van der Waals surface area contributed by atoms with Crippen molar-refractivity contribution in [1.82, 2.24) is 16.1 Å². The number of hydrazone groups is 1. The third-order valence-corrected chi connectivity index (χ3v) is 5.18. The molecule has 24 heavy (non-hydrogen) atoms. The summed E-state index contributed by atoms with van der Waals surface area (Å²) in [5, 5.41) is 6.09. The van der Waals surface area contributed by atoms with Crippen LogP contribution in [0, 0.1) is 0 Å². The minimum atomic E-state index is 0.570. The normalized spacial score (nSPS) is 15.0. The van der Waals surface area contributed by atoms with Gasteiger partial charge in [0.2, 0.25) is 0 Å². The lowest BCUT2D eigenvalue weighted by molar-refractivity contribution is 0.207. The topological polar surface area (TPSA) is 39.7 Å². The molecule has 0 radical (unpaired) electrons. The average molecular weight is 339 g/mol. The maximum Gasteiger partial charge on any atom is 0.128 e. The zero-order valence-electron chi connectivity index (χ0n) is 16.4. The van der Waals surface area contributed by atoms with Crippen LogP contribution in [0.2, 0.25) is 0 Å². The van der Waals surface area contributed by atoms with Gasteiger partial charge in [0, 0.05) is 6.04 Å². The van der Waals surface area contributed by atoms with E-state index in [1.807, 2.05) is 6.34 Å². The Bertz CT molecular complexity index is 293. The second-order valence-electron chi connectivity index (χ2n) is 7.32. The predicted molar refractivity (Wildman–Crippen MR) is 106 cm³/mol. The number of hydrogen-bond acceptors (Lipinski definition) is 4. The summed E-state index contributed by atoms with van der Waals surface area (Å²) in [5.74, 6) is 0. The first-order valence-electron chi connectivity index (χ1n) is 10.7. The molecule has 0 aromatic heterocycles. The van der Waals surface area contributed by atoms with Crippen molar-refractivity contribution in [2.24, 2.45) is 5.10 Å². The van der Waals surface area contributed by atoms with Crippen LogP contribution in [0.3, 0.4) is 0 Å². The van der Waals surface area contributed by atoms with E-state index in [2.05, 4.69) is 35.0 Å². The summed E-state index contributed by atoms with van der Waals surface area (Å²) >= 11 is 0. The maximum atomic E-state index is 3.99. The average Bonchev–Trinajstić information content (AvgIpc) is 3.13. The van der Waals surface area contributed by atoms with E-state index in [9.17, 15) is 0 Å². The van der Waals surface area contributed by atoms with Crippen molar-refractivity contribution in [3.63, 3.8) is 0 Å². The van der Waals surface area contributed by atoms with Crippen molar-refractivity contribution in [2.75, 3.05) is 0 Å². The number of nitrogens with zero attached hydrogens (tertiary/aromatic N) is 2. The molecule has 0 amide bonds. The van der Waals surface area contributed by atoms with Gasteiger partial charge in [-0.3, -0.25) is 5.01 Å². The van der Waals surface area contributed by atoms with Gasteiger partial charge in [-0.25, -0.2) is 5.53 Å². The van der Waals surface area contributed by atoms with E-state index in [-0.39, 0.29) is 0 Å². The van der Waals surface area contributed by atoms with Crippen LogP contribution in [0.15, 0.2) is 5.10 Å². The van der Waals surface area contributed by atoms with E-state index in [1.165, 1.54) is 103 Å². The lowest BCUT2D eigenvalue weighted by atomic mass is 10.0. The first kappa shape index (κ1) is 21.3. The lowest BCUT2D eigenvalue weighted by Gasteiger charge is -2.24. The molecule has 1 atom stereocenters. The molecule has 0 aliphatic carbocycles. The summed E-state index contributed by atoms with van der Waals surface area (Å²) in [6.45, 7) is 4.54. The van der Waals surface area contributed by atoms with E-state index in [0.717, 1.165) is 0 Å². The molecule has 0 fully saturated rings. The predicted octanol–water partition coefficient (Wildman–Crippen LogP) is 5.90. The van der Waals surface area contributed by atoms with Crippen molar-refractivity contribution in [1.29, 1.82) is 0 Å². The Kier molecular flexibility index (Phi) is 14.0. The Morgan fingerprint density at radius 2 is 1.25 bits per heavy atom. The second kappa shape index (κ2) is 15.7. The molecule has 1 rings (SSSR count). The van der Waals surface area contributed by atoms with E-state index in [1.54, 1.807) is 0 Å². The molecule has 2 N–H and O–H groups in total. The van der Waals surface area contributed by atoms with Crippen molar-refractivity contribution >= 4 is 6.34 Å². The molecule has 0 aromatic carbocycles. The Balaban J connectivity index is 1.78.